The van der Waals surface area contributed by atoms with Crippen molar-refractivity contribution in [2.24, 2.45) is 0 Å². The lowest BCUT2D eigenvalue weighted by Crippen LogP contribution is -2.20. The van der Waals surface area contributed by atoms with Crippen molar-refractivity contribution in [3.63, 3.8) is 0 Å². The molecular weight excluding hydrogens is 394 g/mol. The number of carbonyl (C=O) groups excluding carboxylic acids is 2. The van der Waals surface area contributed by atoms with Gasteiger partial charge in [-0.15, -0.1) is 0 Å². The number of carbonyl (C=O) groups is 2. The highest BCUT2D eigenvalue weighted by Crippen LogP contribution is 2.20. The first-order valence-electron chi connectivity index (χ1n) is 7.10. The lowest BCUT2D eigenvalue weighted by Gasteiger charge is -2.08. The Bertz CT molecular complexity index is 790. The van der Waals surface area contributed by atoms with Gasteiger partial charge in [0.1, 0.15) is 0 Å². The Morgan fingerprint density at radius 2 is 2.04 bits per heavy atom. The van der Waals surface area contributed by atoms with Crippen molar-refractivity contribution >= 4 is 51.2 Å². The van der Waals surface area contributed by atoms with Crippen LogP contribution in [0.1, 0.15) is 11.1 Å². The number of rotatable bonds is 5. The third-order valence-electron chi connectivity index (χ3n) is 3.08. The minimum atomic E-state index is -0.590. The van der Waals surface area contributed by atoms with Gasteiger partial charge in [-0.25, -0.2) is 4.79 Å². The number of benzene rings is 2. The van der Waals surface area contributed by atoms with Gasteiger partial charge in [-0.05, 0) is 48.4 Å². The zero-order valence-corrected chi connectivity index (χ0v) is 15.2. The highest BCUT2D eigenvalue weighted by molar-refractivity contribution is 9.10. The van der Waals surface area contributed by atoms with Crippen molar-refractivity contribution in [3.8, 4) is 0 Å². The van der Waals surface area contributed by atoms with Gasteiger partial charge in [-0.1, -0.05) is 45.7 Å². The van der Waals surface area contributed by atoms with Gasteiger partial charge < -0.3 is 10.1 Å². The second kappa shape index (κ2) is 8.66. The fraction of sp³-hybridized carbons (Fsp3) is 0.111. The fourth-order valence-corrected chi connectivity index (χ4v) is 2.46. The van der Waals surface area contributed by atoms with Crippen LogP contribution in [0, 0.1) is 6.92 Å². The first kappa shape index (κ1) is 18.2. The smallest absolute Gasteiger partial charge is 0.331 e. The molecule has 0 aliphatic rings. The number of anilines is 1. The number of hydrogen-bond donors (Lipinski definition) is 1. The number of esters is 1. The lowest BCUT2D eigenvalue weighted by molar-refractivity contribution is -0.142. The number of hydrogen-bond acceptors (Lipinski definition) is 3. The van der Waals surface area contributed by atoms with E-state index in [2.05, 4.69) is 21.2 Å². The second-order valence-corrected chi connectivity index (χ2v) is 6.36. The molecule has 0 atom stereocenters. The summed E-state index contributed by atoms with van der Waals surface area (Å²) in [5.41, 5.74) is 2.31. The van der Waals surface area contributed by atoms with Crippen molar-refractivity contribution in [2.75, 3.05) is 11.9 Å². The summed E-state index contributed by atoms with van der Waals surface area (Å²) in [6.45, 7) is 1.48. The Morgan fingerprint density at radius 1 is 1.25 bits per heavy atom. The van der Waals surface area contributed by atoms with Gasteiger partial charge in [-0.2, -0.15) is 0 Å². The summed E-state index contributed by atoms with van der Waals surface area (Å²) < 4.78 is 5.83. The molecular formula is C18H15BrClNO3. The summed E-state index contributed by atoms with van der Waals surface area (Å²) in [6.07, 6.45) is 2.89. The van der Waals surface area contributed by atoms with Crippen molar-refractivity contribution in [2.45, 2.75) is 6.92 Å². The van der Waals surface area contributed by atoms with Crippen molar-refractivity contribution < 1.29 is 14.3 Å². The maximum Gasteiger partial charge on any atom is 0.331 e. The molecule has 4 nitrogen and oxygen atoms in total. The van der Waals surface area contributed by atoms with E-state index in [0.29, 0.717) is 10.7 Å². The molecule has 24 heavy (non-hydrogen) atoms. The highest BCUT2D eigenvalue weighted by atomic mass is 79.9. The van der Waals surface area contributed by atoms with E-state index >= 15 is 0 Å². The van der Waals surface area contributed by atoms with Crippen LogP contribution in [-0.4, -0.2) is 18.5 Å². The molecule has 0 aliphatic heterocycles. The molecule has 0 saturated heterocycles. The van der Waals surface area contributed by atoms with Crippen LogP contribution in [-0.2, 0) is 14.3 Å². The maximum atomic E-state index is 11.8. The molecule has 0 saturated carbocycles. The first-order valence-corrected chi connectivity index (χ1v) is 8.27. The van der Waals surface area contributed by atoms with Gasteiger partial charge in [0.05, 0.1) is 0 Å². The van der Waals surface area contributed by atoms with Crippen LogP contribution >= 0.6 is 27.5 Å². The Morgan fingerprint density at radius 3 is 2.79 bits per heavy atom. The number of halogens is 2. The van der Waals surface area contributed by atoms with E-state index in [-0.39, 0.29) is 6.61 Å². The molecule has 0 spiro atoms. The Balaban J connectivity index is 1.85. The summed E-state index contributed by atoms with van der Waals surface area (Å²) in [6, 6.07) is 12.6. The normalized spacial score (nSPS) is 10.6. The van der Waals surface area contributed by atoms with E-state index in [9.17, 15) is 9.59 Å². The lowest BCUT2D eigenvalue weighted by atomic mass is 10.2. The minimum absolute atomic E-state index is 0.367. The SMILES string of the molecule is Cc1ccc(Cl)cc1NC(=O)COC(=O)/C=C/c1cccc(Br)c1. The van der Waals surface area contributed by atoms with Crippen molar-refractivity contribution in [1.82, 2.24) is 0 Å². The van der Waals surface area contributed by atoms with E-state index in [0.717, 1.165) is 15.6 Å². The molecule has 124 valence electrons. The van der Waals surface area contributed by atoms with Gasteiger partial charge >= 0.3 is 5.97 Å². The minimum Gasteiger partial charge on any atom is -0.452 e. The quantitative estimate of drug-likeness (QED) is 0.581. The average Bonchev–Trinajstić information content (AvgIpc) is 2.54. The number of nitrogens with one attached hydrogen (secondary N) is 1. The molecule has 1 amide bonds. The van der Waals surface area contributed by atoms with Gasteiger partial charge in [0.2, 0.25) is 0 Å². The molecule has 6 heteroatoms. The molecule has 2 aromatic rings. The third-order valence-corrected chi connectivity index (χ3v) is 3.81. The average molecular weight is 409 g/mol. The van der Waals surface area contributed by atoms with Gasteiger partial charge in [0.15, 0.2) is 6.61 Å². The van der Waals surface area contributed by atoms with Crippen LogP contribution in [0.3, 0.4) is 0 Å². The monoisotopic (exact) mass is 407 g/mol. The standard InChI is InChI=1S/C18H15BrClNO3/c1-12-5-7-15(20)10-16(12)21-17(22)11-24-18(23)8-6-13-3-2-4-14(19)9-13/h2-10H,11H2,1H3,(H,21,22)/b8-6+. The highest BCUT2D eigenvalue weighted by Gasteiger charge is 2.08. The van der Waals surface area contributed by atoms with Crippen LogP contribution in [0.5, 0.6) is 0 Å². The van der Waals surface area contributed by atoms with Gasteiger partial charge in [-0.3, -0.25) is 4.79 Å². The van der Waals surface area contributed by atoms with Gasteiger partial charge in [0.25, 0.3) is 5.91 Å². The third kappa shape index (κ3) is 5.83. The zero-order valence-electron chi connectivity index (χ0n) is 12.9. The molecule has 0 aliphatic carbocycles. The second-order valence-electron chi connectivity index (χ2n) is 5.00. The van der Waals surface area contributed by atoms with Gasteiger partial charge in [0, 0.05) is 21.3 Å². The summed E-state index contributed by atoms with van der Waals surface area (Å²) in [5, 5.41) is 3.18. The molecule has 2 rings (SSSR count). The fourth-order valence-electron chi connectivity index (χ4n) is 1.87. The largest absolute Gasteiger partial charge is 0.452 e. The van der Waals surface area contributed by atoms with E-state index in [1.54, 1.807) is 24.3 Å². The number of ether oxygens (including phenoxy) is 1. The molecule has 0 heterocycles. The molecule has 0 aromatic heterocycles. The Labute approximate surface area is 153 Å². The maximum absolute atomic E-state index is 11.8. The summed E-state index contributed by atoms with van der Waals surface area (Å²) in [7, 11) is 0. The molecule has 0 unspecified atom stereocenters. The van der Waals surface area contributed by atoms with E-state index in [4.69, 9.17) is 16.3 Å². The number of amides is 1. The van der Waals surface area contributed by atoms with Crippen molar-refractivity contribution in [3.05, 3.63) is 69.2 Å². The summed E-state index contributed by atoms with van der Waals surface area (Å²) in [4.78, 5) is 23.5. The molecule has 0 radical (unpaired) electrons. The van der Waals surface area contributed by atoms with E-state index < -0.39 is 11.9 Å². The Hall–Kier alpha value is -2.11. The predicted octanol–water partition coefficient (Wildman–Crippen LogP) is 4.61. The van der Waals surface area contributed by atoms with Crippen LogP contribution in [0.2, 0.25) is 5.02 Å². The summed E-state index contributed by atoms with van der Waals surface area (Å²) >= 11 is 9.24. The van der Waals surface area contributed by atoms with Crippen LogP contribution < -0.4 is 5.32 Å². The zero-order chi connectivity index (χ0) is 17.5. The number of aryl methyl sites for hydroxylation is 1. The van der Waals surface area contributed by atoms with Crippen LogP contribution in [0.4, 0.5) is 5.69 Å². The first-order chi connectivity index (χ1) is 11.4. The topological polar surface area (TPSA) is 55.4 Å². The van der Waals surface area contributed by atoms with Crippen LogP contribution in [0.25, 0.3) is 6.08 Å². The van der Waals surface area contributed by atoms with Crippen LogP contribution in [0.15, 0.2) is 53.0 Å². The summed E-state index contributed by atoms with van der Waals surface area (Å²) in [5.74, 6) is -1.02. The predicted molar refractivity (Wildman–Crippen MR) is 99.0 cm³/mol. The van der Waals surface area contributed by atoms with E-state index in [1.807, 2.05) is 31.2 Å². The van der Waals surface area contributed by atoms with Crippen molar-refractivity contribution in [1.29, 1.82) is 0 Å². The molecule has 0 bridgehead atoms. The molecule has 0 fully saturated rings. The van der Waals surface area contributed by atoms with E-state index in [1.165, 1.54) is 6.08 Å². The molecule has 1 N–H and O–H groups in total. The molecule has 2 aromatic carbocycles. The Kier molecular flexibility index (Phi) is 6.58.